The van der Waals surface area contributed by atoms with Crippen LogP contribution in [0.4, 0.5) is 4.39 Å². The molecule has 0 spiro atoms. The van der Waals surface area contributed by atoms with Crippen molar-refractivity contribution in [2.24, 2.45) is 0 Å². The summed E-state index contributed by atoms with van der Waals surface area (Å²) < 4.78 is 14.7. The molecule has 0 fully saturated rings. The molecule has 0 heterocycles. The second-order valence-electron chi connectivity index (χ2n) is 19.3. The first-order valence-electron chi connectivity index (χ1n) is 22.9. The van der Waals surface area contributed by atoms with E-state index in [4.69, 9.17) is 0 Å². The van der Waals surface area contributed by atoms with E-state index in [0.29, 0.717) is 0 Å². The van der Waals surface area contributed by atoms with Crippen molar-refractivity contribution in [2.45, 2.75) is 38.5 Å². The molecular formula is C64H45F. The Bertz CT molecular complexity index is 3730. The van der Waals surface area contributed by atoms with Crippen molar-refractivity contribution in [1.29, 1.82) is 0 Å². The van der Waals surface area contributed by atoms with Gasteiger partial charge in [0.05, 0.1) is 0 Å². The second kappa shape index (κ2) is 13.7. The van der Waals surface area contributed by atoms with Gasteiger partial charge in [0.25, 0.3) is 0 Å². The molecule has 0 atom stereocenters. The Labute approximate surface area is 379 Å². The maximum Gasteiger partial charge on any atom is 0.123 e. The van der Waals surface area contributed by atoms with Crippen molar-refractivity contribution >= 4 is 43.1 Å². The molecule has 0 saturated carbocycles. The van der Waals surface area contributed by atoms with E-state index in [0.717, 1.165) is 32.7 Å². The lowest BCUT2D eigenvalue weighted by atomic mass is 9.79. The van der Waals surface area contributed by atoms with Crippen molar-refractivity contribution in [3.63, 3.8) is 0 Å². The first kappa shape index (κ1) is 37.9. The summed E-state index contributed by atoms with van der Waals surface area (Å²) in [6.07, 6.45) is 0. The fourth-order valence-corrected chi connectivity index (χ4v) is 12.1. The monoisotopic (exact) mass is 832 g/mol. The Hall–Kier alpha value is -7.61. The third kappa shape index (κ3) is 5.36. The Balaban J connectivity index is 0.965. The van der Waals surface area contributed by atoms with E-state index in [-0.39, 0.29) is 16.6 Å². The highest BCUT2D eigenvalue weighted by Crippen LogP contribution is 2.55. The second-order valence-corrected chi connectivity index (χ2v) is 19.3. The minimum absolute atomic E-state index is 0.0839. The van der Waals surface area contributed by atoms with Crippen molar-refractivity contribution in [1.82, 2.24) is 0 Å². The summed E-state index contributed by atoms with van der Waals surface area (Å²) in [6.45, 7) is 9.52. The average Bonchev–Trinajstić information content (AvgIpc) is 3.70. The molecule has 13 rings (SSSR count). The van der Waals surface area contributed by atoms with Gasteiger partial charge in [-0.3, -0.25) is 0 Å². The average molecular weight is 833 g/mol. The van der Waals surface area contributed by atoms with Crippen LogP contribution in [0.15, 0.2) is 200 Å². The molecule has 2 aliphatic rings. The number of fused-ring (bicyclic) bond motifs is 10. The van der Waals surface area contributed by atoms with E-state index in [9.17, 15) is 4.39 Å². The first-order valence-corrected chi connectivity index (χ1v) is 22.9. The Morgan fingerprint density at radius 2 is 0.554 bits per heavy atom. The molecule has 0 unspecified atom stereocenters. The minimum Gasteiger partial charge on any atom is -0.207 e. The van der Waals surface area contributed by atoms with Gasteiger partial charge in [-0.15, -0.1) is 0 Å². The van der Waals surface area contributed by atoms with Gasteiger partial charge in [-0.25, -0.2) is 4.39 Å². The summed E-state index contributed by atoms with van der Waals surface area (Å²) in [4.78, 5) is 0. The molecule has 1 heteroatoms. The number of hydrogen-bond acceptors (Lipinski definition) is 0. The van der Waals surface area contributed by atoms with Crippen LogP contribution in [0, 0.1) is 5.82 Å². The van der Waals surface area contributed by atoms with Gasteiger partial charge >= 0.3 is 0 Å². The zero-order valence-electron chi connectivity index (χ0n) is 36.9. The van der Waals surface area contributed by atoms with E-state index in [1.165, 1.54) is 105 Å². The van der Waals surface area contributed by atoms with E-state index in [1.54, 1.807) is 6.07 Å². The third-order valence-corrected chi connectivity index (χ3v) is 15.1. The molecule has 0 radical (unpaired) electrons. The molecular weight excluding hydrogens is 788 g/mol. The maximum atomic E-state index is 14.7. The zero-order chi connectivity index (χ0) is 43.8. The van der Waals surface area contributed by atoms with Crippen molar-refractivity contribution < 1.29 is 4.39 Å². The summed E-state index contributed by atoms with van der Waals surface area (Å²) in [7, 11) is 0. The van der Waals surface area contributed by atoms with E-state index in [1.807, 2.05) is 12.1 Å². The number of halogens is 1. The summed E-state index contributed by atoms with van der Waals surface area (Å²) in [5, 5.41) is 9.63. The lowest BCUT2D eigenvalue weighted by Gasteiger charge is -2.24. The smallest absolute Gasteiger partial charge is 0.123 e. The number of rotatable bonds is 4. The molecule has 65 heavy (non-hydrogen) atoms. The normalized spacial score (nSPS) is 14.2. The van der Waals surface area contributed by atoms with Crippen LogP contribution >= 0.6 is 0 Å². The van der Waals surface area contributed by atoms with Gasteiger partial charge in [0.2, 0.25) is 0 Å². The van der Waals surface area contributed by atoms with Gasteiger partial charge in [0.1, 0.15) is 5.82 Å². The van der Waals surface area contributed by atoms with Crippen molar-refractivity contribution in [3.05, 3.63) is 228 Å². The molecule has 308 valence electrons. The van der Waals surface area contributed by atoms with Crippen LogP contribution in [-0.2, 0) is 10.8 Å². The van der Waals surface area contributed by atoms with Crippen LogP contribution in [0.25, 0.3) is 110 Å². The Morgan fingerprint density at radius 1 is 0.262 bits per heavy atom. The standard InChI is InChI=1S/C64H45F/c1-63(2)55-27-14-13-18-43(55)44-31-28-39(35-56(44)63)60-51-23-9-11-25-53(51)62(54-26-12-10-24-52(54)60)41-30-33-46-45-32-29-40(36-57(45)64(3,4)58(46)37-41)61-49-21-7-5-19-47(49)59(38-16-15-17-42(65)34-38)48-20-6-8-22-50(48)61/h5-37H,1-4H3. The summed E-state index contributed by atoms with van der Waals surface area (Å²) in [6, 6.07) is 72.7. The van der Waals surface area contributed by atoms with Gasteiger partial charge in [0.15, 0.2) is 0 Å². The van der Waals surface area contributed by atoms with Crippen LogP contribution in [-0.4, -0.2) is 0 Å². The topological polar surface area (TPSA) is 0 Å². The van der Waals surface area contributed by atoms with E-state index < -0.39 is 0 Å². The molecule has 11 aromatic carbocycles. The van der Waals surface area contributed by atoms with Crippen LogP contribution in [0.2, 0.25) is 0 Å². The van der Waals surface area contributed by atoms with Gasteiger partial charge in [-0.05, 0) is 162 Å². The largest absolute Gasteiger partial charge is 0.207 e. The highest BCUT2D eigenvalue weighted by molar-refractivity contribution is 6.23. The molecule has 0 bridgehead atoms. The number of benzene rings is 11. The lowest BCUT2D eigenvalue weighted by Crippen LogP contribution is -2.15. The summed E-state index contributed by atoms with van der Waals surface area (Å²) in [5.41, 5.74) is 19.8. The summed E-state index contributed by atoms with van der Waals surface area (Å²) >= 11 is 0. The molecule has 0 nitrogen and oxygen atoms in total. The molecule has 0 N–H and O–H groups in total. The number of hydrogen-bond donors (Lipinski definition) is 0. The van der Waals surface area contributed by atoms with Gasteiger partial charge in [-0.2, -0.15) is 0 Å². The predicted molar refractivity (Wildman–Crippen MR) is 273 cm³/mol. The molecule has 2 aliphatic carbocycles. The quantitative estimate of drug-likeness (QED) is 0.155. The van der Waals surface area contributed by atoms with Crippen molar-refractivity contribution in [3.8, 4) is 66.8 Å². The minimum atomic E-state index is -0.260. The van der Waals surface area contributed by atoms with Crippen molar-refractivity contribution in [2.75, 3.05) is 0 Å². The molecule has 0 aliphatic heterocycles. The van der Waals surface area contributed by atoms with Gasteiger partial charge in [-0.1, -0.05) is 198 Å². The first-order chi connectivity index (χ1) is 31.7. The fraction of sp³-hybridized carbons (Fsp3) is 0.0938. The molecule has 0 saturated heterocycles. The molecule has 11 aromatic rings. The third-order valence-electron chi connectivity index (χ3n) is 15.1. The van der Waals surface area contributed by atoms with Crippen LogP contribution in [0.5, 0.6) is 0 Å². The lowest BCUT2D eigenvalue weighted by molar-refractivity contribution is 0.628. The SMILES string of the molecule is CC1(C)c2ccccc2-c2ccc(-c3c4ccccc4c(-c4ccc5c(c4)C(C)(C)c4cc(-c6c7ccccc7c(-c7cccc(F)c7)c7ccccc67)ccc4-5)c4ccccc34)cc21. The predicted octanol–water partition coefficient (Wildman–Crippen LogP) is 17.7. The molecule has 0 amide bonds. The highest BCUT2D eigenvalue weighted by Gasteiger charge is 2.38. The van der Waals surface area contributed by atoms with Gasteiger partial charge in [0, 0.05) is 10.8 Å². The molecule has 0 aromatic heterocycles. The maximum absolute atomic E-state index is 14.7. The van der Waals surface area contributed by atoms with E-state index >= 15 is 0 Å². The Morgan fingerprint density at radius 3 is 0.908 bits per heavy atom. The fourth-order valence-electron chi connectivity index (χ4n) is 12.1. The van der Waals surface area contributed by atoms with Crippen LogP contribution in [0.3, 0.4) is 0 Å². The van der Waals surface area contributed by atoms with Crippen LogP contribution in [0.1, 0.15) is 49.9 Å². The van der Waals surface area contributed by atoms with Gasteiger partial charge < -0.3 is 0 Å². The highest BCUT2D eigenvalue weighted by atomic mass is 19.1. The van der Waals surface area contributed by atoms with Crippen LogP contribution < -0.4 is 0 Å². The Kier molecular flexibility index (Phi) is 7.99. The van der Waals surface area contributed by atoms with E-state index in [2.05, 4.69) is 204 Å². The zero-order valence-corrected chi connectivity index (χ0v) is 36.9. The summed E-state index contributed by atoms with van der Waals surface area (Å²) in [5.74, 6) is -0.229.